The summed E-state index contributed by atoms with van der Waals surface area (Å²) in [6.45, 7) is 6.11. The molecular weight excluding hydrogens is 414 g/mol. The zero-order valence-electron chi connectivity index (χ0n) is 17.8. The molecule has 0 bridgehead atoms. The summed E-state index contributed by atoms with van der Waals surface area (Å²) in [6, 6.07) is 12.9. The molecule has 2 heterocycles. The van der Waals surface area contributed by atoms with Gasteiger partial charge >= 0.3 is 0 Å². The van der Waals surface area contributed by atoms with Crippen molar-refractivity contribution in [1.29, 1.82) is 0 Å². The first-order valence-corrected chi connectivity index (χ1v) is 12.0. The van der Waals surface area contributed by atoms with E-state index >= 15 is 0 Å². The van der Waals surface area contributed by atoms with Crippen molar-refractivity contribution in [2.45, 2.75) is 31.6 Å². The third kappa shape index (κ3) is 4.58. The minimum absolute atomic E-state index is 0.0188. The molecule has 2 aliphatic heterocycles. The number of nitrogens with one attached hydrogen (secondary N) is 1. The van der Waals surface area contributed by atoms with E-state index in [4.69, 9.17) is 4.74 Å². The second kappa shape index (κ2) is 8.70. The SMILES string of the molecule is Cc1ccc(OCCNC(=O)C2CCN(C3=NS(=O)(=O)c4ccccc43)CC2)c(C)c1. The Hall–Kier alpha value is -2.87. The molecule has 4 rings (SSSR count). The smallest absolute Gasteiger partial charge is 0.285 e. The number of nitrogens with zero attached hydrogens (tertiary/aromatic N) is 2. The van der Waals surface area contributed by atoms with E-state index in [-0.39, 0.29) is 16.7 Å². The Morgan fingerprint density at radius 1 is 1.16 bits per heavy atom. The van der Waals surface area contributed by atoms with Gasteiger partial charge in [-0.05, 0) is 50.5 Å². The topological polar surface area (TPSA) is 88.1 Å². The van der Waals surface area contributed by atoms with Gasteiger partial charge in [-0.25, -0.2) is 0 Å². The largest absolute Gasteiger partial charge is 0.491 e. The Morgan fingerprint density at radius 2 is 1.90 bits per heavy atom. The molecule has 164 valence electrons. The zero-order valence-corrected chi connectivity index (χ0v) is 18.6. The van der Waals surface area contributed by atoms with Gasteiger partial charge in [-0.3, -0.25) is 4.79 Å². The van der Waals surface area contributed by atoms with Gasteiger partial charge in [-0.2, -0.15) is 8.42 Å². The predicted molar refractivity (Wildman–Crippen MR) is 119 cm³/mol. The molecule has 0 unspecified atom stereocenters. The van der Waals surface area contributed by atoms with Crippen LogP contribution in [-0.2, 0) is 14.8 Å². The highest BCUT2D eigenvalue weighted by Gasteiger charge is 2.34. The molecule has 1 fully saturated rings. The third-order valence-electron chi connectivity index (χ3n) is 5.77. The molecule has 0 atom stereocenters. The fraction of sp³-hybridized carbons (Fsp3) is 0.391. The van der Waals surface area contributed by atoms with Crippen LogP contribution in [0.15, 0.2) is 51.8 Å². The standard InChI is InChI=1S/C23H27N3O4S/c1-16-7-8-20(17(2)15-16)30-14-11-24-23(27)18-9-12-26(13-10-18)22-19-5-3-4-6-21(19)31(28,29)25-22/h3-8,15,18H,9-14H2,1-2H3,(H,24,27). The van der Waals surface area contributed by atoms with E-state index in [1.807, 2.05) is 36.9 Å². The number of hydrogen-bond donors (Lipinski definition) is 1. The molecule has 1 saturated heterocycles. The molecule has 0 aliphatic carbocycles. The number of hydrogen-bond acceptors (Lipinski definition) is 5. The lowest BCUT2D eigenvalue weighted by molar-refractivity contribution is -0.126. The number of carbonyl (C=O) groups is 1. The van der Waals surface area contributed by atoms with Crippen LogP contribution in [0.5, 0.6) is 5.75 Å². The van der Waals surface area contributed by atoms with Crippen molar-refractivity contribution in [3.63, 3.8) is 0 Å². The zero-order chi connectivity index (χ0) is 22.0. The molecule has 7 nitrogen and oxygen atoms in total. The van der Waals surface area contributed by atoms with Crippen LogP contribution in [0.25, 0.3) is 0 Å². The van der Waals surface area contributed by atoms with Crippen LogP contribution in [0, 0.1) is 19.8 Å². The lowest BCUT2D eigenvalue weighted by Crippen LogP contribution is -2.43. The summed E-state index contributed by atoms with van der Waals surface area (Å²) >= 11 is 0. The summed E-state index contributed by atoms with van der Waals surface area (Å²) in [5.74, 6) is 1.26. The van der Waals surface area contributed by atoms with E-state index in [1.54, 1.807) is 18.2 Å². The number of aryl methyl sites for hydroxylation is 2. The number of amidine groups is 1. The minimum Gasteiger partial charge on any atom is -0.491 e. The third-order valence-corrected chi connectivity index (χ3v) is 7.09. The van der Waals surface area contributed by atoms with Gasteiger partial charge in [0, 0.05) is 24.6 Å². The first kappa shape index (κ1) is 21.4. The normalized spacial score (nSPS) is 17.7. The van der Waals surface area contributed by atoms with Gasteiger partial charge in [-0.1, -0.05) is 29.8 Å². The van der Waals surface area contributed by atoms with Crippen LogP contribution in [0.3, 0.4) is 0 Å². The quantitative estimate of drug-likeness (QED) is 0.721. The molecule has 8 heteroatoms. The molecule has 31 heavy (non-hydrogen) atoms. The van der Waals surface area contributed by atoms with Crippen molar-refractivity contribution >= 4 is 21.8 Å². The van der Waals surface area contributed by atoms with Gasteiger partial charge in [0.25, 0.3) is 10.0 Å². The highest BCUT2D eigenvalue weighted by molar-refractivity contribution is 7.90. The molecule has 2 aliphatic rings. The molecule has 0 spiro atoms. The molecule has 0 aromatic heterocycles. The van der Waals surface area contributed by atoms with Crippen molar-refractivity contribution < 1.29 is 17.9 Å². The summed E-state index contributed by atoms with van der Waals surface area (Å²) in [4.78, 5) is 14.8. The van der Waals surface area contributed by atoms with Crippen molar-refractivity contribution in [2.24, 2.45) is 10.3 Å². The van der Waals surface area contributed by atoms with Gasteiger partial charge in [0.05, 0.1) is 6.54 Å². The summed E-state index contributed by atoms with van der Waals surface area (Å²) in [5.41, 5.74) is 2.92. The van der Waals surface area contributed by atoms with Gasteiger partial charge in [0.1, 0.15) is 17.3 Å². The van der Waals surface area contributed by atoms with E-state index in [0.29, 0.717) is 50.5 Å². The van der Waals surface area contributed by atoms with Crippen LogP contribution in [0.2, 0.25) is 0 Å². The molecule has 1 N–H and O–H groups in total. The fourth-order valence-corrected chi connectivity index (χ4v) is 5.34. The summed E-state index contributed by atoms with van der Waals surface area (Å²) in [7, 11) is -3.62. The van der Waals surface area contributed by atoms with Crippen molar-refractivity contribution in [3.8, 4) is 5.75 Å². The number of ether oxygens (including phenoxy) is 1. The van der Waals surface area contributed by atoms with Crippen molar-refractivity contribution in [2.75, 3.05) is 26.2 Å². The Morgan fingerprint density at radius 3 is 2.65 bits per heavy atom. The minimum atomic E-state index is -3.62. The molecule has 0 radical (unpaired) electrons. The van der Waals surface area contributed by atoms with Crippen molar-refractivity contribution in [1.82, 2.24) is 10.2 Å². The second-order valence-electron chi connectivity index (χ2n) is 8.06. The van der Waals surface area contributed by atoms with E-state index in [2.05, 4.69) is 15.8 Å². The first-order chi connectivity index (χ1) is 14.8. The Kier molecular flexibility index (Phi) is 6.00. The average Bonchev–Trinajstić information content (AvgIpc) is 3.03. The van der Waals surface area contributed by atoms with Crippen LogP contribution >= 0.6 is 0 Å². The number of amides is 1. The van der Waals surface area contributed by atoms with E-state index < -0.39 is 10.0 Å². The number of benzene rings is 2. The molecular formula is C23H27N3O4S. The molecule has 0 saturated carbocycles. The monoisotopic (exact) mass is 441 g/mol. The van der Waals surface area contributed by atoms with Gasteiger partial charge in [-0.15, -0.1) is 4.40 Å². The highest BCUT2D eigenvalue weighted by Crippen LogP contribution is 2.29. The van der Waals surface area contributed by atoms with Gasteiger partial charge in [0.2, 0.25) is 5.91 Å². The summed E-state index contributed by atoms with van der Waals surface area (Å²) in [6.07, 6.45) is 1.32. The highest BCUT2D eigenvalue weighted by atomic mass is 32.2. The lowest BCUT2D eigenvalue weighted by Gasteiger charge is -2.32. The fourth-order valence-electron chi connectivity index (χ4n) is 4.11. The maximum atomic E-state index is 12.5. The number of likely N-dealkylation sites (tertiary alicyclic amines) is 1. The van der Waals surface area contributed by atoms with E-state index in [1.165, 1.54) is 5.56 Å². The van der Waals surface area contributed by atoms with E-state index in [0.717, 1.165) is 11.3 Å². The summed E-state index contributed by atoms with van der Waals surface area (Å²) in [5, 5.41) is 2.96. The molecule has 1 amide bonds. The second-order valence-corrected chi connectivity index (χ2v) is 9.63. The number of sulfonamides is 1. The Bertz CT molecular complexity index is 1120. The van der Waals surface area contributed by atoms with Crippen LogP contribution in [-0.4, -0.2) is 51.3 Å². The number of piperidine rings is 1. The van der Waals surface area contributed by atoms with Crippen LogP contribution < -0.4 is 10.1 Å². The number of carbonyl (C=O) groups excluding carboxylic acids is 1. The Labute approximate surface area is 183 Å². The maximum Gasteiger partial charge on any atom is 0.285 e. The van der Waals surface area contributed by atoms with Gasteiger partial charge in [0.15, 0.2) is 5.84 Å². The average molecular weight is 442 g/mol. The number of rotatable bonds is 5. The molecule has 2 aromatic rings. The van der Waals surface area contributed by atoms with Gasteiger partial charge < -0.3 is 15.0 Å². The van der Waals surface area contributed by atoms with Crippen molar-refractivity contribution in [3.05, 3.63) is 59.2 Å². The molecule has 2 aromatic carbocycles. The van der Waals surface area contributed by atoms with Crippen LogP contribution in [0.4, 0.5) is 0 Å². The predicted octanol–water partition coefficient (Wildman–Crippen LogP) is 2.66. The maximum absolute atomic E-state index is 12.5. The first-order valence-electron chi connectivity index (χ1n) is 10.5. The lowest BCUT2D eigenvalue weighted by atomic mass is 9.95. The summed E-state index contributed by atoms with van der Waals surface area (Å²) < 4.78 is 34.3. The Balaban J connectivity index is 1.26. The van der Waals surface area contributed by atoms with E-state index in [9.17, 15) is 13.2 Å². The van der Waals surface area contributed by atoms with Crippen LogP contribution in [0.1, 0.15) is 29.5 Å². The number of fused-ring (bicyclic) bond motifs is 1.